The number of fused-ring (bicyclic) bond motifs is 4. The van der Waals surface area contributed by atoms with Crippen molar-refractivity contribution in [3.05, 3.63) is 74.5 Å². The maximum absolute atomic E-state index is 13.8. The van der Waals surface area contributed by atoms with Gasteiger partial charge in [0, 0.05) is 46.0 Å². The minimum atomic E-state index is 0.00637. The van der Waals surface area contributed by atoms with E-state index in [2.05, 4.69) is 34.8 Å². The molecule has 180 valence electrons. The van der Waals surface area contributed by atoms with Gasteiger partial charge < -0.3 is 14.9 Å². The number of nitrogens with one attached hydrogen (secondary N) is 2. The van der Waals surface area contributed by atoms with Gasteiger partial charge in [-0.15, -0.1) is 0 Å². The molecule has 0 unspecified atom stereocenters. The molecule has 5 rings (SSSR count). The average Bonchev–Trinajstić information content (AvgIpc) is 2.88. The number of aromatic amines is 2. The molecule has 2 aromatic heterocycles. The molecule has 0 radical (unpaired) electrons. The Bertz CT molecular complexity index is 1650. The molecule has 0 bridgehead atoms. The number of hydrogen-bond acceptors (Lipinski definition) is 3. The highest BCUT2D eigenvalue weighted by Gasteiger charge is 2.17. The molecule has 5 aromatic rings. The smallest absolute Gasteiger partial charge is 0.197 e. The molecule has 0 aliphatic rings. The first-order chi connectivity index (χ1) is 17.1. The molecule has 3 aromatic carbocycles. The molecular weight excluding hydrogens is 434 g/mol. The zero-order chi connectivity index (χ0) is 24.5. The number of hydrogen-bond donors (Lipinski definition) is 2. The molecule has 0 saturated heterocycles. The summed E-state index contributed by atoms with van der Waals surface area (Å²) < 4.78 is 0. The Kier molecular flexibility index (Phi) is 6.33. The van der Waals surface area contributed by atoms with E-state index in [4.69, 9.17) is 0 Å². The summed E-state index contributed by atoms with van der Waals surface area (Å²) in [5.41, 5.74) is 5.07. The van der Waals surface area contributed by atoms with Crippen molar-refractivity contribution in [3.63, 3.8) is 0 Å². The van der Waals surface area contributed by atoms with Crippen LogP contribution in [-0.4, -0.2) is 23.1 Å². The Hall–Kier alpha value is -3.60. The zero-order valence-electron chi connectivity index (χ0n) is 20.8. The quantitative estimate of drug-likeness (QED) is 0.251. The summed E-state index contributed by atoms with van der Waals surface area (Å²) in [6.07, 6.45) is 5.19. The minimum absolute atomic E-state index is 0.00637. The SMILES string of the molecule is CCCCN(CCCC)c1ccc2[nH]c3c(CC)c4c(=O)c5ccccc5[nH]c4cc3c(=O)c2c1. The second kappa shape index (κ2) is 9.57. The van der Waals surface area contributed by atoms with Crippen LogP contribution in [0, 0.1) is 0 Å². The third-order valence-corrected chi connectivity index (χ3v) is 7.13. The maximum atomic E-state index is 13.8. The summed E-state index contributed by atoms with van der Waals surface area (Å²) in [5.74, 6) is 0. The highest BCUT2D eigenvalue weighted by molar-refractivity contribution is 6.06. The van der Waals surface area contributed by atoms with Gasteiger partial charge in [0.1, 0.15) is 0 Å². The first-order valence-corrected chi connectivity index (χ1v) is 12.9. The summed E-state index contributed by atoms with van der Waals surface area (Å²) >= 11 is 0. The predicted octanol–water partition coefficient (Wildman–Crippen LogP) is 6.65. The van der Waals surface area contributed by atoms with E-state index in [9.17, 15) is 9.59 Å². The number of nitrogens with zero attached hydrogens (tertiary/aromatic N) is 1. The second-order valence-electron chi connectivity index (χ2n) is 9.43. The molecular formula is C30H33N3O2. The lowest BCUT2D eigenvalue weighted by Gasteiger charge is -2.25. The van der Waals surface area contributed by atoms with Gasteiger partial charge in [-0.25, -0.2) is 0 Å². The number of aromatic nitrogens is 2. The Morgan fingerprint density at radius 3 is 2.14 bits per heavy atom. The first kappa shape index (κ1) is 23.2. The van der Waals surface area contributed by atoms with Crippen molar-refractivity contribution in [2.24, 2.45) is 0 Å². The lowest BCUT2D eigenvalue weighted by molar-refractivity contribution is 0.678. The standard InChI is InChI=1S/C30H33N3O2/c1-4-7-15-33(16-8-5-2)19-13-14-25-22(17-19)29(34)23-18-26-27(20(6-3)28(23)32-25)30(35)21-11-9-10-12-24(21)31-26/h9-14,17-18H,4-8,15-16H2,1-3H3,(H,31,35)(H,32,34). The number of rotatable bonds is 8. The van der Waals surface area contributed by atoms with Crippen LogP contribution >= 0.6 is 0 Å². The van der Waals surface area contributed by atoms with Crippen LogP contribution in [0.1, 0.15) is 52.0 Å². The Morgan fingerprint density at radius 1 is 0.714 bits per heavy atom. The van der Waals surface area contributed by atoms with Gasteiger partial charge >= 0.3 is 0 Å². The lowest BCUT2D eigenvalue weighted by Crippen LogP contribution is -2.25. The van der Waals surface area contributed by atoms with Crippen molar-refractivity contribution in [2.75, 3.05) is 18.0 Å². The fourth-order valence-corrected chi connectivity index (χ4v) is 5.22. The largest absolute Gasteiger partial charge is 0.372 e. The highest BCUT2D eigenvalue weighted by atomic mass is 16.1. The third-order valence-electron chi connectivity index (χ3n) is 7.13. The van der Waals surface area contributed by atoms with E-state index >= 15 is 0 Å². The van der Waals surface area contributed by atoms with Gasteiger partial charge in [-0.3, -0.25) is 9.59 Å². The molecule has 5 heteroatoms. The van der Waals surface area contributed by atoms with E-state index < -0.39 is 0 Å². The summed E-state index contributed by atoms with van der Waals surface area (Å²) in [7, 11) is 0. The topological polar surface area (TPSA) is 69.0 Å². The van der Waals surface area contributed by atoms with Crippen molar-refractivity contribution >= 4 is 49.3 Å². The van der Waals surface area contributed by atoms with Crippen LogP contribution in [0.25, 0.3) is 43.6 Å². The summed E-state index contributed by atoms with van der Waals surface area (Å²) in [6.45, 7) is 8.43. The number of para-hydroxylation sites is 1. The summed E-state index contributed by atoms with van der Waals surface area (Å²) in [5, 5.41) is 2.65. The normalized spacial score (nSPS) is 11.7. The predicted molar refractivity (Wildman–Crippen MR) is 149 cm³/mol. The van der Waals surface area contributed by atoms with Crippen molar-refractivity contribution in [1.29, 1.82) is 0 Å². The van der Waals surface area contributed by atoms with Crippen LogP contribution < -0.4 is 15.8 Å². The van der Waals surface area contributed by atoms with E-state index in [1.807, 2.05) is 49.4 Å². The second-order valence-corrected chi connectivity index (χ2v) is 9.43. The van der Waals surface area contributed by atoms with E-state index in [-0.39, 0.29) is 10.9 Å². The highest BCUT2D eigenvalue weighted by Crippen LogP contribution is 2.28. The van der Waals surface area contributed by atoms with Crippen molar-refractivity contribution in [2.45, 2.75) is 52.9 Å². The van der Waals surface area contributed by atoms with Gasteiger partial charge in [0.2, 0.25) is 0 Å². The van der Waals surface area contributed by atoms with E-state index in [0.29, 0.717) is 33.5 Å². The van der Waals surface area contributed by atoms with Crippen molar-refractivity contribution < 1.29 is 0 Å². The summed E-state index contributed by atoms with van der Waals surface area (Å²) in [4.78, 5) is 36.6. The van der Waals surface area contributed by atoms with Crippen LogP contribution in [0.4, 0.5) is 5.69 Å². The van der Waals surface area contributed by atoms with Gasteiger partial charge in [0.25, 0.3) is 0 Å². The number of pyridine rings is 2. The van der Waals surface area contributed by atoms with Crippen molar-refractivity contribution in [3.8, 4) is 0 Å². The van der Waals surface area contributed by atoms with Gasteiger partial charge in [-0.2, -0.15) is 0 Å². The van der Waals surface area contributed by atoms with Crippen LogP contribution in [0.5, 0.6) is 0 Å². The van der Waals surface area contributed by atoms with Crippen LogP contribution in [-0.2, 0) is 6.42 Å². The molecule has 0 aliphatic carbocycles. The number of anilines is 1. The molecule has 0 aliphatic heterocycles. The molecule has 2 N–H and O–H groups in total. The molecule has 5 nitrogen and oxygen atoms in total. The van der Waals surface area contributed by atoms with Gasteiger partial charge in [-0.05, 0) is 61.2 Å². The molecule has 0 saturated carbocycles. The monoisotopic (exact) mass is 467 g/mol. The van der Waals surface area contributed by atoms with E-state index in [1.54, 1.807) is 0 Å². The fourth-order valence-electron chi connectivity index (χ4n) is 5.22. The fraction of sp³-hybridized carbons (Fsp3) is 0.333. The number of H-pyrrole nitrogens is 2. The van der Waals surface area contributed by atoms with Crippen LogP contribution in [0.3, 0.4) is 0 Å². The summed E-state index contributed by atoms with van der Waals surface area (Å²) in [6, 6.07) is 15.6. The first-order valence-electron chi connectivity index (χ1n) is 12.9. The Labute approximate surface area is 204 Å². The van der Waals surface area contributed by atoms with Gasteiger partial charge in [0.05, 0.1) is 16.4 Å². The van der Waals surface area contributed by atoms with Gasteiger partial charge in [0.15, 0.2) is 10.9 Å². The number of unbranched alkanes of at least 4 members (excludes halogenated alkanes) is 2. The van der Waals surface area contributed by atoms with E-state index in [0.717, 1.165) is 66.6 Å². The Morgan fingerprint density at radius 2 is 1.43 bits per heavy atom. The zero-order valence-corrected chi connectivity index (χ0v) is 20.8. The van der Waals surface area contributed by atoms with Gasteiger partial charge in [-0.1, -0.05) is 45.7 Å². The minimum Gasteiger partial charge on any atom is -0.372 e. The number of aryl methyl sites for hydroxylation is 1. The Balaban J connectivity index is 1.78. The third kappa shape index (κ3) is 3.99. The molecule has 0 spiro atoms. The average molecular weight is 468 g/mol. The lowest BCUT2D eigenvalue weighted by atomic mass is 9.98. The molecule has 0 amide bonds. The van der Waals surface area contributed by atoms with Crippen LogP contribution in [0.2, 0.25) is 0 Å². The molecule has 0 atom stereocenters. The van der Waals surface area contributed by atoms with E-state index in [1.165, 1.54) is 0 Å². The number of benzene rings is 3. The maximum Gasteiger partial charge on any atom is 0.197 e. The molecule has 0 fully saturated rings. The molecule has 35 heavy (non-hydrogen) atoms. The molecule has 2 heterocycles. The van der Waals surface area contributed by atoms with Crippen LogP contribution in [0.15, 0.2) is 58.1 Å². The van der Waals surface area contributed by atoms with Crippen molar-refractivity contribution in [1.82, 2.24) is 9.97 Å².